The fourth-order valence-corrected chi connectivity index (χ4v) is 1.84. The van der Waals surface area contributed by atoms with Crippen molar-refractivity contribution in [2.24, 2.45) is 0 Å². The number of rotatable bonds is 4. The third-order valence-corrected chi connectivity index (χ3v) is 3.02. The van der Waals surface area contributed by atoms with Gasteiger partial charge in [0.25, 0.3) is 0 Å². The highest BCUT2D eigenvalue weighted by Gasteiger charge is 1.99. The van der Waals surface area contributed by atoms with Crippen LogP contribution >= 0.6 is 0 Å². The van der Waals surface area contributed by atoms with E-state index in [1.165, 1.54) is 11.1 Å². The molecule has 1 unspecified atom stereocenters. The van der Waals surface area contributed by atoms with Crippen LogP contribution in [0.15, 0.2) is 60.7 Å². The third kappa shape index (κ3) is 3.24. The minimum Gasteiger partial charge on any atom is -0.497 e. The molecular weight excluding hydrogens is 220 g/mol. The van der Waals surface area contributed by atoms with Gasteiger partial charge in [-0.25, -0.2) is 0 Å². The summed E-state index contributed by atoms with van der Waals surface area (Å²) >= 11 is 0. The van der Waals surface area contributed by atoms with E-state index in [9.17, 15) is 0 Å². The molecule has 0 aliphatic carbocycles. The number of ether oxygens (including phenoxy) is 1. The van der Waals surface area contributed by atoms with Crippen molar-refractivity contribution in [3.8, 4) is 5.75 Å². The Hall–Kier alpha value is -2.02. The Bertz CT molecular complexity index is 497. The van der Waals surface area contributed by atoms with Gasteiger partial charge in [0.15, 0.2) is 0 Å². The number of benzene rings is 2. The Kier molecular flexibility index (Phi) is 4.19. The van der Waals surface area contributed by atoms with Gasteiger partial charge in [-0.3, -0.25) is 0 Å². The van der Waals surface area contributed by atoms with Crippen LogP contribution in [-0.4, -0.2) is 7.11 Å². The Morgan fingerprint density at radius 2 is 1.61 bits per heavy atom. The molecule has 0 bridgehead atoms. The van der Waals surface area contributed by atoms with Gasteiger partial charge in [0.05, 0.1) is 7.11 Å². The van der Waals surface area contributed by atoms with Crippen molar-refractivity contribution >= 4 is 6.08 Å². The maximum Gasteiger partial charge on any atom is 0.118 e. The normalized spacial score (nSPS) is 12.6. The highest BCUT2D eigenvalue weighted by atomic mass is 16.5. The van der Waals surface area contributed by atoms with Gasteiger partial charge in [0, 0.05) is 0 Å². The quantitative estimate of drug-likeness (QED) is 0.761. The lowest BCUT2D eigenvalue weighted by atomic mass is 10.00. The van der Waals surface area contributed by atoms with Gasteiger partial charge in [-0.2, -0.15) is 0 Å². The van der Waals surface area contributed by atoms with Crippen LogP contribution in [0.5, 0.6) is 5.75 Å². The molecule has 1 nitrogen and oxygen atoms in total. The van der Waals surface area contributed by atoms with E-state index in [1.54, 1.807) is 7.11 Å². The first-order valence-corrected chi connectivity index (χ1v) is 6.17. The summed E-state index contributed by atoms with van der Waals surface area (Å²) in [6.45, 7) is 2.20. The average Bonchev–Trinajstić information content (AvgIpc) is 2.46. The standard InChI is InChI=1S/C17H18O/c1-14(16-6-4-3-5-7-16)8-9-15-10-12-17(18-2)13-11-15/h3-14H,1-2H3. The zero-order chi connectivity index (χ0) is 12.8. The topological polar surface area (TPSA) is 9.23 Å². The summed E-state index contributed by atoms with van der Waals surface area (Å²) < 4.78 is 5.14. The lowest BCUT2D eigenvalue weighted by Crippen LogP contribution is -1.87. The lowest BCUT2D eigenvalue weighted by Gasteiger charge is -2.06. The van der Waals surface area contributed by atoms with Crippen LogP contribution in [0.1, 0.15) is 24.0 Å². The summed E-state index contributed by atoms with van der Waals surface area (Å²) in [6.07, 6.45) is 4.37. The minimum atomic E-state index is 0.424. The largest absolute Gasteiger partial charge is 0.497 e. The molecule has 0 aromatic heterocycles. The molecule has 0 fully saturated rings. The summed E-state index contributed by atoms with van der Waals surface area (Å²) in [5, 5.41) is 0. The Morgan fingerprint density at radius 1 is 0.944 bits per heavy atom. The number of hydrogen-bond acceptors (Lipinski definition) is 1. The van der Waals surface area contributed by atoms with Crippen LogP contribution in [-0.2, 0) is 0 Å². The number of methoxy groups -OCH3 is 1. The summed E-state index contributed by atoms with van der Waals surface area (Å²) in [6, 6.07) is 18.6. The van der Waals surface area contributed by atoms with Crippen molar-refractivity contribution in [3.05, 3.63) is 71.8 Å². The van der Waals surface area contributed by atoms with E-state index < -0.39 is 0 Å². The molecule has 2 aromatic rings. The minimum absolute atomic E-state index is 0.424. The van der Waals surface area contributed by atoms with E-state index in [1.807, 2.05) is 18.2 Å². The van der Waals surface area contributed by atoms with Crippen molar-refractivity contribution in [1.82, 2.24) is 0 Å². The van der Waals surface area contributed by atoms with Crippen LogP contribution in [0.25, 0.3) is 6.08 Å². The van der Waals surface area contributed by atoms with E-state index in [2.05, 4.69) is 55.5 Å². The molecule has 0 spiro atoms. The molecule has 1 heteroatoms. The summed E-state index contributed by atoms with van der Waals surface area (Å²) in [7, 11) is 1.68. The fourth-order valence-electron chi connectivity index (χ4n) is 1.84. The molecule has 2 rings (SSSR count). The molecule has 0 saturated heterocycles. The second-order valence-corrected chi connectivity index (χ2v) is 4.33. The van der Waals surface area contributed by atoms with E-state index in [0.29, 0.717) is 5.92 Å². The first-order chi connectivity index (χ1) is 8.79. The summed E-state index contributed by atoms with van der Waals surface area (Å²) in [5.41, 5.74) is 2.53. The molecule has 0 aliphatic rings. The molecule has 0 amide bonds. The molecule has 0 N–H and O–H groups in total. The van der Waals surface area contributed by atoms with E-state index in [0.717, 1.165) is 5.75 Å². The summed E-state index contributed by atoms with van der Waals surface area (Å²) in [4.78, 5) is 0. The second kappa shape index (κ2) is 6.06. The van der Waals surface area contributed by atoms with Crippen LogP contribution in [0.2, 0.25) is 0 Å². The number of hydrogen-bond donors (Lipinski definition) is 0. The Labute approximate surface area is 109 Å². The van der Waals surface area contributed by atoms with Gasteiger partial charge >= 0.3 is 0 Å². The number of allylic oxidation sites excluding steroid dienone is 1. The second-order valence-electron chi connectivity index (χ2n) is 4.33. The molecular formula is C17H18O. The first-order valence-electron chi connectivity index (χ1n) is 6.17. The van der Waals surface area contributed by atoms with Crippen molar-refractivity contribution in [2.45, 2.75) is 12.8 Å². The molecule has 0 heterocycles. The zero-order valence-corrected chi connectivity index (χ0v) is 10.8. The van der Waals surface area contributed by atoms with Crippen molar-refractivity contribution in [1.29, 1.82) is 0 Å². The molecule has 0 radical (unpaired) electrons. The predicted molar refractivity (Wildman–Crippen MR) is 76.9 cm³/mol. The molecule has 1 atom stereocenters. The van der Waals surface area contributed by atoms with Crippen LogP contribution in [0.4, 0.5) is 0 Å². The van der Waals surface area contributed by atoms with Crippen LogP contribution in [0, 0.1) is 0 Å². The lowest BCUT2D eigenvalue weighted by molar-refractivity contribution is 0.415. The van der Waals surface area contributed by atoms with E-state index in [-0.39, 0.29) is 0 Å². The van der Waals surface area contributed by atoms with Gasteiger partial charge in [-0.05, 0) is 29.2 Å². The van der Waals surface area contributed by atoms with Gasteiger partial charge < -0.3 is 4.74 Å². The monoisotopic (exact) mass is 238 g/mol. The predicted octanol–water partition coefficient (Wildman–Crippen LogP) is 4.51. The highest BCUT2D eigenvalue weighted by Crippen LogP contribution is 2.18. The van der Waals surface area contributed by atoms with Crippen molar-refractivity contribution < 1.29 is 4.74 Å². The van der Waals surface area contributed by atoms with Crippen LogP contribution in [0.3, 0.4) is 0 Å². The van der Waals surface area contributed by atoms with E-state index in [4.69, 9.17) is 4.74 Å². The first kappa shape index (κ1) is 12.4. The highest BCUT2D eigenvalue weighted by molar-refractivity contribution is 5.52. The SMILES string of the molecule is COc1ccc(C=CC(C)c2ccccc2)cc1. The molecule has 18 heavy (non-hydrogen) atoms. The van der Waals surface area contributed by atoms with Gasteiger partial charge in [-0.15, -0.1) is 0 Å². The maximum absolute atomic E-state index is 5.14. The zero-order valence-electron chi connectivity index (χ0n) is 10.8. The smallest absolute Gasteiger partial charge is 0.118 e. The Morgan fingerprint density at radius 3 is 2.22 bits per heavy atom. The van der Waals surface area contributed by atoms with Crippen LogP contribution < -0.4 is 4.74 Å². The summed E-state index contributed by atoms with van der Waals surface area (Å²) in [5.74, 6) is 1.32. The molecule has 0 saturated carbocycles. The molecule has 0 aliphatic heterocycles. The van der Waals surface area contributed by atoms with Gasteiger partial charge in [0.1, 0.15) is 5.75 Å². The molecule has 92 valence electrons. The van der Waals surface area contributed by atoms with Crippen molar-refractivity contribution in [2.75, 3.05) is 7.11 Å². The van der Waals surface area contributed by atoms with E-state index >= 15 is 0 Å². The third-order valence-electron chi connectivity index (χ3n) is 3.02. The van der Waals surface area contributed by atoms with Gasteiger partial charge in [-0.1, -0.05) is 61.5 Å². The van der Waals surface area contributed by atoms with Gasteiger partial charge in [0.2, 0.25) is 0 Å². The molecule has 2 aromatic carbocycles. The fraction of sp³-hybridized carbons (Fsp3) is 0.176. The van der Waals surface area contributed by atoms with Crippen molar-refractivity contribution in [3.63, 3.8) is 0 Å². The Balaban J connectivity index is 2.06. The maximum atomic E-state index is 5.14. The average molecular weight is 238 g/mol.